The number of rotatable bonds is 5. The Bertz CT molecular complexity index is 1180. The molecular weight excluding hydrogens is 360 g/mol. The highest BCUT2D eigenvalue weighted by Crippen LogP contribution is 2.25. The maximum absolute atomic E-state index is 5.76. The molecule has 3 heterocycles. The van der Waals surface area contributed by atoms with Gasteiger partial charge in [-0.1, -0.05) is 59.9 Å². The second kappa shape index (κ2) is 6.65. The van der Waals surface area contributed by atoms with Gasteiger partial charge < -0.3 is 4.74 Å². The molecule has 0 bridgehead atoms. The van der Waals surface area contributed by atoms with E-state index < -0.39 is 0 Å². The molecule has 1 N–H and O–H groups in total. The van der Waals surface area contributed by atoms with Crippen LogP contribution in [0.5, 0.6) is 5.75 Å². The van der Waals surface area contributed by atoms with E-state index >= 15 is 0 Å². The maximum atomic E-state index is 5.76. The van der Waals surface area contributed by atoms with Gasteiger partial charge in [0.15, 0.2) is 5.01 Å². The standard InChI is InChI=1S/C19H14N6OS/c1-3-7-13(8-4-1)15-11-16(21-20-15)18-22-23-19-25(18)24-17(27-19)12-26-14-9-5-2-6-10-14/h1-11H,12H2,(H,20,21). The highest BCUT2D eigenvalue weighted by atomic mass is 32.1. The summed E-state index contributed by atoms with van der Waals surface area (Å²) in [6.07, 6.45) is 0. The minimum atomic E-state index is 0.385. The molecule has 0 aliphatic carbocycles. The number of nitrogens with zero attached hydrogens (tertiary/aromatic N) is 5. The number of benzene rings is 2. The second-order valence-corrected chi connectivity index (χ2v) is 6.89. The summed E-state index contributed by atoms with van der Waals surface area (Å²) in [5.41, 5.74) is 2.66. The third kappa shape index (κ3) is 3.06. The summed E-state index contributed by atoms with van der Waals surface area (Å²) in [7, 11) is 0. The Morgan fingerprint density at radius 3 is 2.56 bits per heavy atom. The average molecular weight is 374 g/mol. The van der Waals surface area contributed by atoms with Gasteiger partial charge in [0.25, 0.3) is 0 Å². The van der Waals surface area contributed by atoms with E-state index in [-0.39, 0.29) is 0 Å². The number of ether oxygens (including phenoxy) is 1. The van der Waals surface area contributed by atoms with E-state index in [1.165, 1.54) is 11.3 Å². The normalized spacial score (nSPS) is 11.1. The van der Waals surface area contributed by atoms with Gasteiger partial charge in [-0.25, -0.2) is 0 Å². The third-order valence-electron chi connectivity index (χ3n) is 4.03. The Morgan fingerprint density at radius 2 is 1.74 bits per heavy atom. The Hall–Kier alpha value is -3.52. The van der Waals surface area contributed by atoms with Crippen molar-refractivity contribution in [3.63, 3.8) is 0 Å². The molecule has 0 fully saturated rings. The molecule has 0 atom stereocenters. The van der Waals surface area contributed by atoms with E-state index in [4.69, 9.17) is 4.74 Å². The lowest BCUT2D eigenvalue weighted by Crippen LogP contribution is -1.97. The largest absolute Gasteiger partial charge is 0.486 e. The van der Waals surface area contributed by atoms with Crippen molar-refractivity contribution in [3.05, 3.63) is 71.7 Å². The summed E-state index contributed by atoms with van der Waals surface area (Å²) in [6.45, 7) is 0.385. The molecule has 0 aliphatic heterocycles. The zero-order chi connectivity index (χ0) is 18.1. The molecule has 3 aromatic heterocycles. The van der Waals surface area contributed by atoms with Crippen LogP contribution in [0.25, 0.3) is 27.7 Å². The number of aromatic amines is 1. The minimum Gasteiger partial charge on any atom is -0.486 e. The highest BCUT2D eigenvalue weighted by molar-refractivity contribution is 7.16. The number of para-hydroxylation sites is 1. The molecule has 0 saturated carbocycles. The van der Waals surface area contributed by atoms with Crippen LogP contribution in [0.2, 0.25) is 0 Å². The molecule has 27 heavy (non-hydrogen) atoms. The van der Waals surface area contributed by atoms with Crippen molar-refractivity contribution in [2.75, 3.05) is 0 Å². The third-order valence-corrected chi connectivity index (χ3v) is 4.90. The van der Waals surface area contributed by atoms with Gasteiger partial charge in [-0.2, -0.15) is 14.7 Å². The summed E-state index contributed by atoms with van der Waals surface area (Å²) in [5.74, 6) is 1.44. The smallest absolute Gasteiger partial charge is 0.235 e. The first-order valence-electron chi connectivity index (χ1n) is 8.37. The van der Waals surface area contributed by atoms with Crippen molar-refractivity contribution in [2.24, 2.45) is 0 Å². The molecular formula is C19H14N6OS. The van der Waals surface area contributed by atoms with Crippen molar-refractivity contribution in [1.29, 1.82) is 0 Å². The SMILES string of the molecule is c1ccc(OCc2nn3c(-c4cc(-c5ccccc5)n[nH]4)nnc3s2)cc1. The van der Waals surface area contributed by atoms with Crippen molar-refractivity contribution < 1.29 is 4.74 Å². The van der Waals surface area contributed by atoms with Crippen LogP contribution in [0.15, 0.2) is 66.7 Å². The first-order chi connectivity index (χ1) is 13.4. The summed E-state index contributed by atoms with van der Waals surface area (Å²) in [6, 6.07) is 21.6. The van der Waals surface area contributed by atoms with Gasteiger partial charge in [-0.05, 0) is 18.2 Å². The molecule has 0 radical (unpaired) electrons. The van der Waals surface area contributed by atoms with Crippen molar-refractivity contribution in [1.82, 2.24) is 30.0 Å². The number of hydrogen-bond acceptors (Lipinski definition) is 6. The lowest BCUT2D eigenvalue weighted by Gasteiger charge is -2.02. The van der Waals surface area contributed by atoms with Crippen LogP contribution >= 0.6 is 11.3 Å². The first kappa shape index (κ1) is 15.7. The summed E-state index contributed by atoms with van der Waals surface area (Å²) in [4.78, 5) is 0.715. The summed E-state index contributed by atoms with van der Waals surface area (Å²) >= 11 is 1.45. The lowest BCUT2D eigenvalue weighted by molar-refractivity contribution is 0.304. The van der Waals surface area contributed by atoms with Gasteiger partial charge in [-0.3, -0.25) is 5.10 Å². The quantitative estimate of drug-likeness (QED) is 0.506. The lowest BCUT2D eigenvalue weighted by atomic mass is 10.1. The number of nitrogens with one attached hydrogen (secondary N) is 1. The number of H-pyrrole nitrogens is 1. The average Bonchev–Trinajstić information content (AvgIpc) is 3.43. The van der Waals surface area contributed by atoms with Crippen molar-refractivity contribution in [3.8, 4) is 28.5 Å². The van der Waals surface area contributed by atoms with Crippen LogP contribution in [0.1, 0.15) is 5.01 Å². The molecule has 0 spiro atoms. The van der Waals surface area contributed by atoms with E-state index in [1.807, 2.05) is 66.7 Å². The predicted octanol–water partition coefficient (Wildman–Crippen LogP) is 3.82. The number of aromatic nitrogens is 6. The van der Waals surface area contributed by atoms with Gasteiger partial charge in [0.2, 0.25) is 10.8 Å². The summed E-state index contributed by atoms with van der Waals surface area (Å²) < 4.78 is 7.48. The molecule has 0 aliphatic rings. The maximum Gasteiger partial charge on any atom is 0.235 e. The van der Waals surface area contributed by atoms with E-state index in [1.54, 1.807) is 4.52 Å². The molecule has 7 nitrogen and oxygen atoms in total. The van der Waals surface area contributed by atoms with E-state index in [2.05, 4.69) is 25.5 Å². The zero-order valence-corrected chi connectivity index (χ0v) is 14.9. The van der Waals surface area contributed by atoms with Crippen LogP contribution < -0.4 is 4.74 Å². The highest BCUT2D eigenvalue weighted by Gasteiger charge is 2.16. The fourth-order valence-electron chi connectivity index (χ4n) is 2.74. The van der Waals surface area contributed by atoms with Crippen LogP contribution in [-0.2, 0) is 6.61 Å². The van der Waals surface area contributed by atoms with Crippen LogP contribution in [-0.4, -0.2) is 30.0 Å². The molecule has 0 saturated heterocycles. The predicted molar refractivity (Wildman–Crippen MR) is 102 cm³/mol. The van der Waals surface area contributed by atoms with Crippen LogP contribution in [0.4, 0.5) is 0 Å². The number of hydrogen-bond donors (Lipinski definition) is 1. The molecule has 2 aromatic carbocycles. The van der Waals surface area contributed by atoms with Crippen molar-refractivity contribution >= 4 is 16.3 Å². The van der Waals surface area contributed by atoms with Gasteiger partial charge in [-0.15, -0.1) is 10.2 Å². The fraction of sp³-hybridized carbons (Fsp3) is 0.0526. The van der Waals surface area contributed by atoms with Gasteiger partial charge >= 0.3 is 0 Å². The molecule has 0 amide bonds. The minimum absolute atomic E-state index is 0.385. The molecule has 132 valence electrons. The van der Waals surface area contributed by atoms with Gasteiger partial charge in [0.05, 0.1) is 5.69 Å². The molecule has 5 aromatic rings. The van der Waals surface area contributed by atoms with E-state index in [0.29, 0.717) is 17.4 Å². The topological polar surface area (TPSA) is 81.0 Å². The van der Waals surface area contributed by atoms with Gasteiger partial charge in [0, 0.05) is 5.56 Å². The molecule has 8 heteroatoms. The van der Waals surface area contributed by atoms with Crippen LogP contribution in [0, 0.1) is 0 Å². The Balaban J connectivity index is 1.41. The van der Waals surface area contributed by atoms with Crippen LogP contribution in [0.3, 0.4) is 0 Å². The molecule has 0 unspecified atom stereocenters. The van der Waals surface area contributed by atoms with E-state index in [0.717, 1.165) is 27.7 Å². The van der Waals surface area contributed by atoms with Crippen molar-refractivity contribution in [2.45, 2.75) is 6.61 Å². The summed E-state index contributed by atoms with van der Waals surface area (Å²) in [5, 5.41) is 21.3. The van der Waals surface area contributed by atoms with E-state index in [9.17, 15) is 0 Å². The Morgan fingerprint density at radius 1 is 0.963 bits per heavy atom. The molecule has 5 rings (SSSR count). The fourth-order valence-corrected chi connectivity index (χ4v) is 3.48. The monoisotopic (exact) mass is 374 g/mol. The Kier molecular flexibility index (Phi) is 3.87. The first-order valence-corrected chi connectivity index (χ1v) is 9.19. The Labute approximate surface area is 158 Å². The zero-order valence-electron chi connectivity index (χ0n) is 14.1. The van der Waals surface area contributed by atoms with Gasteiger partial charge in [0.1, 0.15) is 18.1 Å². The number of fused-ring (bicyclic) bond motifs is 1. The second-order valence-electron chi connectivity index (χ2n) is 5.85.